The first-order valence-corrected chi connectivity index (χ1v) is 8.12. The van der Waals surface area contributed by atoms with Crippen molar-refractivity contribution in [1.29, 1.82) is 0 Å². The van der Waals surface area contributed by atoms with Gasteiger partial charge in [0.2, 0.25) is 0 Å². The van der Waals surface area contributed by atoms with Crippen molar-refractivity contribution < 1.29 is 4.79 Å². The Morgan fingerprint density at radius 1 is 1.33 bits per heavy atom. The maximum Gasteiger partial charge on any atom is 0.254 e. The highest BCUT2D eigenvalue weighted by Gasteiger charge is 2.15. The third-order valence-corrected chi connectivity index (χ3v) is 4.22. The average molecular weight is 302 g/mol. The molecule has 0 aliphatic rings. The summed E-state index contributed by atoms with van der Waals surface area (Å²) in [6, 6.07) is 10.0. The van der Waals surface area contributed by atoms with Crippen molar-refractivity contribution in [2.75, 3.05) is 18.9 Å². The van der Waals surface area contributed by atoms with E-state index >= 15 is 0 Å². The van der Waals surface area contributed by atoms with Crippen LogP contribution in [-0.4, -0.2) is 24.4 Å². The molecule has 1 amide bonds. The summed E-state index contributed by atoms with van der Waals surface area (Å²) in [6.07, 6.45) is 1.09. The third-order valence-electron chi connectivity index (χ3n) is 3.36. The van der Waals surface area contributed by atoms with E-state index in [9.17, 15) is 4.79 Å². The van der Waals surface area contributed by atoms with E-state index in [0.29, 0.717) is 6.54 Å². The van der Waals surface area contributed by atoms with Crippen LogP contribution in [0.2, 0.25) is 0 Å². The first-order chi connectivity index (χ1) is 10.1. The van der Waals surface area contributed by atoms with Gasteiger partial charge >= 0.3 is 0 Å². The van der Waals surface area contributed by atoms with Crippen molar-refractivity contribution in [3.63, 3.8) is 0 Å². The highest BCUT2D eigenvalue weighted by molar-refractivity contribution is 7.09. The number of hydrogen-bond acceptors (Lipinski definition) is 3. The Balaban J connectivity index is 2.07. The van der Waals surface area contributed by atoms with Crippen molar-refractivity contribution >= 4 is 22.9 Å². The molecule has 0 radical (unpaired) electrons. The lowest BCUT2D eigenvalue weighted by molar-refractivity contribution is 0.0786. The minimum Gasteiger partial charge on any atom is -0.385 e. The highest BCUT2D eigenvalue weighted by atomic mass is 32.1. The molecule has 0 spiro atoms. The summed E-state index contributed by atoms with van der Waals surface area (Å²) in [5.74, 6) is 0.0722. The molecule has 2 rings (SSSR count). The zero-order valence-electron chi connectivity index (χ0n) is 12.8. The van der Waals surface area contributed by atoms with Gasteiger partial charge in [0.15, 0.2) is 0 Å². The Bertz CT molecular complexity index is 593. The zero-order chi connectivity index (χ0) is 15.2. The molecule has 1 N–H and O–H groups in total. The molecule has 3 nitrogen and oxygen atoms in total. The van der Waals surface area contributed by atoms with Gasteiger partial charge < -0.3 is 10.2 Å². The van der Waals surface area contributed by atoms with Gasteiger partial charge in [-0.25, -0.2) is 0 Å². The standard InChI is InChI=1S/C17H22N2OS/c1-4-9-18-14-7-8-16(13(2)11-14)17(20)19(3)12-15-6-5-10-21-15/h5-8,10-11,18H,4,9,12H2,1-3H3. The molecule has 0 aliphatic carbocycles. The Morgan fingerprint density at radius 2 is 2.14 bits per heavy atom. The minimum atomic E-state index is 0.0722. The van der Waals surface area contributed by atoms with Gasteiger partial charge in [0.05, 0.1) is 6.54 Å². The number of amides is 1. The zero-order valence-corrected chi connectivity index (χ0v) is 13.7. The van der Waals surface area contributed by atoms with Crippen LogP contribution in [0.15, 0.2) is 35.7 Å². The minimum absolute atomic E-state index is 0.0722. The Hall–Kier alpha value is -1.81. The molecule has 0 aliphatic heterocycles. The lowest BCUT2D eigenvalue weighted by Crippen LogP contribution is -2.26. The number of hydrogen-bond donors (Lipinski definition) is 1. The third kappa shape index (κ3) is 4.08. The average Bonchev–Trinajstić information content (AvgIpc) is 2.97. The first-order valence-electron chi connectivity index (χ1n) is 7.24. The van der Waals surface area contributed by atoms with Gasteiger partial charge in [-0.05, 0) is 48.6 Å². The van der Waals surface area contributed by atoms with Crippen molar-refractivity contribution in [3.8, 4) is 0 Å². The number of nitrogens with one attached hydrogen (secondary N) is 1. The molecule has 21 heavy (non-hydrogen) atoms. The van der Waals surface area contributed by atoms with Crippen LogP contribution in [0.3, 0.4) is 0 Å². The fourth-order valence-corrected chi connectivity index (χ4v) is 2.95. The van der Waals surface area contributed by atoms with E-state index in [-0.39, 0.29) is 5.91 Å². The topological polar surface area (TPSA) is 32.3 Å². The van der Waals surface area contributed by atoms with Gasteiger partial charge in [-0.15, -0.1) is 11.3 Å². The number of nitrogens with zero attached hydrogens (tertiary/aromatic N) is 1. The molecular weight excluding hydrogens is 280 g/mol. The second-order valence-electron chi connectivity index (χ2n) is 5.20. The summed E-state index contributed by atoms with van der Waals surface area (Å²) < 4.78 is 0. The van der Waals surface area contributed by atoms with E-state index in [2.05, 4.69) is 18.3 Å². The molecule has 4 heteroatoms. The summed E-state index contributed by atoms with van der Waals surface area (Å²) in [5, 5.41) is 5.38. The lowest BCUT2D eigenvalue weighted by atomic mass is 10.1. The van der Waals surface area contributed by atoms with Gasteiger partial charge in [0.25, 0.3) is 5.91 Å². The molecule has 2 aromatic rings. The van der Waals surface area contributed by atoms with E-state index in [4.69, 9.17) is 0 Å². The van der Waals surface area contributed by atoms with Crippen molar-refractivity contribution in [1.82, 2.24) is 4.90 Å². The van der Waals surface area contributed by atoms with E-state index in [1.54, 1.807) is 16.2 Å². The molecule has 1 aromatic carbocycles. The summed E-state index contributed by atoms with van der Waals surface area (Å²) in [7, 11) is 1.85. The first kappa shape index (κ1) is 15.6. The van der Waals surface area contributed by atoms with Crippen LogP contribution in [0.5, 0.6) is 0 Å². The van der Waals surface area contributed by atoms with Crippen LogP contribution in [-0.2, 0) is 6.54 Å². The van der Waals surface area contributed by atoms with E-state index in [1.165, 1.54) is 4.88 Å². The van der Waals surface area contributed by atoms with Crippen molar-refractivity contribution in [3.05, 3.63) is 51.7 Å². The van der Waals surface area contributed by atoms with Gasteiger partial charge in [-0.1, -0.05) is 13.0 Å². The molecule has 0 saturated carbocycles. The van der Waals surface area contributed by atoms with E-state index in [1.807, 2.05) is 43.6 Å². The molecule has 0 bridgehead atoms. The maximum absolute atomic E-state index is 12.5. The van der Waals surface area contributed by atoms with Crippen LogP contribution in [0.25, 0.3) is 0 Å². The summed E-state index contributed by atoms with van der Waals surface area (Å²) in [6.45, 7) is 5.73. The van der Waals surface area contributed by atoms with Crippen LogP contribution in [0.4, 0.5) is 5.69 Å². The number of carbonyl (C=O) groups is 1. The number of rotatable bonds is 6. The summed E-state index contributed by atoms with van der Waals surface area (Å²) in [4.78, 5) is 15.5. The maximum atomic E-state index is 12.5. The molecule has 1 aromatic heterocycles. The molecular formula is C17H22N2OS. The summed E-state index contributed by atoms with van der Waals surface area (Å²) >= 11 is 1.68. The Labute approximate surface area is 130 Å². The number of aryl methyl sites for hydroxylation is 1. The van der Waals surface area contributed by atoms with Crippen molar-refractivity contribution in [2.45, 2.75) is 26.8 Å². The smallest absolute Gasteiger partial charge is 0.254 e. The van der Waals surface area contributed by atoms with Crippen LogP contribution in [0, 0.1) is 6.92 Å². The molecule has 0 atom stereocenters. The van der Waals surface area contributed by atoms with Crippen LogP contribution >= 0.6 is 11.3 Å². The molecule has 112 valence electrons. The number of benzene rings is 1. The fourth-order valence-electron chi connectivity index (χ4n) is 2.20. The Kier molecular flexibility index (Phi) is 5.39. The lowest BCUT2D eigenvalue weighted by Gasteiger charge is -2.18. The second kappa shape index (κ2) is 7.27. The largest absolute Gasteiger partial charge is 0.385 e. The molecule has 1 heterocycles. The fraction of sp³-hybridized carbons (Fsp3) is 0.353. The van der Waals surface area contributed by atoms with Gasteiger partial charge in [0.1, 0.15) is 0 Å². The van der Waals surface area contributed by atoms with Crippen molar-refractivity contribution in [2.24, 2.45) is 0 Å². The predicted octanol–water partition coefficient (Wildman–Crippen LogP) is 4.15. The highest BCUT2D eigenvalue weighted by Crippen LogP contribution is 2.18. The van der Waals surface area contributed by atoms with Gasteiger partial charge in [-0.2, -0.15) is 0 Å². The summed E-state index contributed by atoms with van der Waals surface area (Å²) in [5.41, 5.74) is 2.86. The molecule has 0 fully saturated rings. The number of carbonyl (C=O) groups excluding carboxylic acids is 1. The molecule has 0 unspecified atom stereocenters. The molecule has 0 saturated heterocycles. The van der Waals surface area contributed by atoms with E-state index < -0.39 is 0 Å². The number of anilines is 1. The quantitative estimate of drug-likeness (QED) is 0.869. The number of thiophene rings is 1. The van der Waals surface area contributed by atoms with Crippen LogP contribution < -0.4 is 5.32 Å². The van der Waals surface area contributed by atoms with E-state index in [0.717, 1.165) is 29.8 Å². The normalized spacial score (nSPS) is 10.4. The SMILES string of the molecule is CCCNc1ccc(C(=O)N(C)Cc2cccs2)c(C)c1. The second-order valence-corrected chi connectivity index (χ2v) is 6.23. The predicted molar refractivity (Wildman–Crippen MR) is 90.1 cm³/mol. The monoisotopic (exact) mass is 302 g/mol. The van der Waals surface area contributed by atoms with Gasteiger partial charge in [0, 0.05) is 29.7 Å². The Morgan fingerprint density at radius 3 is 2.76 bits per heavy atom. The van der Waals surface area contributed by atoms with Gasteiger partial charge in [-0.3, -0.25) is 4.79 Å². The van der Waals surface area contributed by atoms with Crippen LogP contribution in [0.1, 0.15) is 34.1 Å².